The van der Waals surface area contributed by atoms with Gasteiger partial charge in [0.1, 0.15) is 0 Å². The Morgan fingerprint density at radius 2 is 1.00 bits per heavy atom. The quantitative estimate of drug-likeness (QED) is 0.0676. The molecule has 0 aromatic heterocycles. The highest BCUT2D eigenvalue weighted by Gasteiger charge is 2.17. The molecule has 0 aromatic rings. The van der Waals surface area contributed by atoms with Crippen molar-refractivity contribution in [3.63, 3.8) is 0 Å². The first-order valence-electron chi connectivity index (χ1n) is 16.4. The predicted molar refractivity (Wildman–Crippen MR) is 161 cm³/mol. The number of aliphatic hydroxyl groups excluding tert-OH is 2. The third-order valence-corrected chi connectivity index (χ3v) is 7.50. The van der Waals surface area contributed by atoms with Crippen LogP contribution in [0.5, 0.6) is 0 Å². The van der Waals surface area contributed by atoms with Crippen LogP contribution >= 0.6 is 0 Å². The Morgan fingerprint density at radius 3 is 1.35 bits per heavy atom. The topological polar surface area (TPSA) is 69.6 Å². The molecule has 1 amide bonds. The number of aliphatic hydroxyl groups is 2. The van der Waals surface area contributed by atoms with Crippen molar-refractivity contribution >= 4 is 5.91 Å². The molecule has 0 aromatic carbocycles. The summed E-state index contributed by atoms with van der Waals surface area (Å²) in [5, 5.41) is 22.3. The predicted octanol–water partition coefficient (Wildman–Crippen LogP) is 9.17. The first-order chi connectivity index (χ1) is 18.2. The summed E-state index contributed by atoms with van der Waals surface area (Å²) >= 11 is 0. The SMILES string of the molecule is CCC/C=C/C(O)C(CO)NC(=O)CCCCCCCCCCCCCCCCCCCCCCCC. The lowest BCUT2D eigenvalue weighted by Gasteiger charge is -2.19. The van der Waals surface area contributed by atoms with Crippen LogP contribution in [0.4, 0.5) is 0 Å². The van der Waals surface area contributed by atoms with Crippen LogP contribution in [0.1, 0.15) is 174 Å². The van der Waals surface area contributed by atoms with Gasteiger partial charge in [0.2, 0.25) is 5.91 Å². The van der Waals surface area contributed by atoms with Crippen molar-refractivity contribution in [2.45, 2.75) is 187 Å². The van der Waals surface area contributed by atoms with Gasteiger partial charge in [0.05, 0.1) is 18.8 Å². The van der Waals surface area contributed by atoms with Crippen LogP contribution in [-0.2, 0) is 4.79 Å². The van der Waals surface area contributed by atoms with Crippen LogP contribution in [0.25, 0.3) is 0 Å². The van der Waals surface area contributed by atoms with Crippen molar-refractivity contribution in [1.82, 2.24) is 5.32 Å². The van der Waals surface area contributed by atoms with E-state index in [0.717, 1.165) is 25.7 Å². The Labute approximate surface area is 231 Å². The molecule has 3 N–H and O–H groups in total. The monoisotopic (exact) mass is 523 g/mol. The van der Waals surface area contributed by atoms with E-state index in [0.29, 0.717) is 6.42 Å². The van der Waals surface area contributed by atoms with E-state index in [1.165, 1.54) is 128 Å². The lowest BCUT2D eigenvalue weighted by atomic mass is 10.0. The molecule has 0 saturated heterocycles. The summed E-state index contributed by atoms with van der Waals surface area (Å²) in [5.74, 6) is -0.0739. The Morgan fingerprint density at radius 1 is 0.622 bits per heavy atom. The third-order valence-electron chi connectivity index (χ3n) is 7.50. The molecule has 0 fully saturated rings. The lowest BCUT2D eigenvalue weighted by Crippen LogP contribution is -2.45. The molecular formula is C33H65NO3. The number of carbonyl (C=O) groups is 1. The Kier molecular flexibility index (Phi) is 29.0. The Bertz CT molecular complexity index is 494. The summed E-state index contributed by atoms with van der Waals surface area (Å²) in [5.41, 5.74) is 0. The van der Waals surface area contributed by atoms with E-state index in [1.54, 1.807) is 6.08 Å². The molecule has 0 saturated carbocycles. The number of carbonyl (C=O) groups excluding carboxylic acids is 1. The molecule has 0 spiro atoms. The largest absolute Gasteiger partial charge is 0.394 e. The number of rotatable bonds is 29. The van der Waals surface area contributed by atoms with Crippen molar-refractivity contribution in [1.29, 1.82) is 0 Å². The van der Waals surface area contributed by atoms with Crippen LogP contribution in [0.15, 0.2) is 12.2 Å². The third kappa shape index (κ3) is 26.5. The van der Waals surface area contributed by atoms with E-state index in [1.807, 2.05) is 6.08 Å². The van der Waals surface area contributed by atoms with Gasteiger partial charge >= 0.3 is 0 Å². The maximum atomic E-state index is 12.1. The molecule has 0 aliphatic heterocycles. The standard InChI is InChI=1S/C33H65NO3/c1-3-5-7-8-9-10-11-12-13-14-15-16-17-18-19-20-21-22-23-24-25-27-29-33(37)34-31(30-35)32(36)28-26-6-4-2/h26,28,31-32,35-36H,3-25,27,29-30H2,1-2H3,(H,34,37)/b28-26+. The summed E-state index contributed by atoms with van der Waals surface area (Å²) in [6.07, 6.45) is 35.0. The zero-order valence-corrected chi connectivity index (χ0v) is 25.0. The maximum Gasteiger partial charge on any atom is 0.220 e. The van der Waals surface area contributed by atoms with Crippen LogP contribution in [-0.4, -0.2) is 34.9 Å². The summed E-state index contributed by atoms with van der Waals surface area (Å²) < 4.78 is 0. The minimum Gasteiger partial charge on any atom is -0.394 e. The number of amides is 1. The van der Waals surface area contributed by atoms with Gasteiger partial charge in [0, 0.05) is 6.42 Å². The van der Waals surface area contributed by atoms with Gasteiger partial charge in [0.15, 0.2) is 0 Å². The fourth-order valence-corrected chi connectivity index (χ4v) is 4.95. The molecule has 0 aliphatic rings. The van der Waals surface area contributed by atoms with Gasteiger partial charge in [-0.1, -0.05) is 167 Å². The molecular weight excluding hydrogens is 458 g/mol. The number of nitrogens with one attached hydrogen (secondary N) is 1. The summed E-state index contributed by atoms with van der Waals surface area (Å²) in [6, 6.07) is -0.611. The van der Waals surface area contributed by atoms with Crippen LogP contribution in [0.2, 0.25) is 0 Å². The molecule has 0 aliphatic carbocycles. The summed E-state index contributed by atoms with van der Waals surface area (Å²) in [6.45, 7) is 4.11. The lowest BCUT2D eigenvalue weighted by molar-refractivity contribution is -0.123. The van der Waals surface area contributed by atoms with Crippen molar-refractivity contribution < 1.29 is 15.0 Å². The van der Waals surface area contributed by atoms with E-state index >= 15 is 0 Å². The fraction of sp³-hybridized carbons (Fsp3) is 0.909. The van der Waals surface area contributed by atoms with Gasteiger partial charge in [0.25, 0.3) is 0 Å². The first kappa shape index (κ1) is 36.1. The van der Waals surface area contributed by atoms with Gasteiger partial charge in [-0.25, -0.2) is 0 Å². The van der Waals surface area contributed by atoms with Gasteiger partial charge in [-0.15, -0.1) is 0 Å². The van der Waals surface area contributed by atoms with Gasteiger partial charge in [-0.3, -0.25) is 4.79 Å². The van der Waals surface area contributed by atoms with Gasteiger partial charge in [-0.05, 0) is 12.8 Å². The second kappa shape index (κ2) is 29.7. The van der Waals surface area contributed by atoms with Crippen molar-refractivity contribution in [3.05, 3.63) is 12.2 Å². The zero-order chi connectivity index (χ0) is 27.2. The normalized spacial score (nSPS) is 13.3. The van der Waals surface area contributed by atoms with Crippen molar-refractivity contribution in [2.24, 2.45) is 0 Å². The molecule has 220 valence electrons. The smallest absolute Gasteiger partial charge is 0.220 e. The van der Waals surface area contributed by atoms with E-state index in [-0.39, 0.29) is 12.5 Å². The molecule has 0 radical (unpaired) electrons. The molecule has 4 heteroatoms. The zero-order valence-electron chi connectivity index (χ0n) is 25.0. The van der Waals surface area contributed by atoms with Crippen molar-refractivity contribution in [2.75, 3.05) is 6.61 Å². The Hall–Kier alpha value is -0.870. The summed E-state index contributed by atoms with van der Waals surface area (Å²) in [7, 11) is 0. The number of allylic oxidation sites excluding steroid dienone is 1. The molecule has 2 atom stereocenters. The summed E-state index contributed by atoms with van der Waals surface area (Å²) in [4.78, 5) is 12.1. The molecule has 0 rings (SSSR count). The van der Waals surface area contributed by atoms with Gasteiger partial charge < -0.3 is 15.5 Å². The van der Waals surface area contributed by atoms with E-state index in [4.69, 9.17) is 0 Å². The molecule has 4 nitrogen and oxygen atoms in total. The minimum atomic E-state index is -0.829. The highest BCUT2D eigenvalue weighted by Crippen LogP contribution is 2.15. The molecule has 2 unspecified atom stereocenters. The molecule has 37 heavy (non-hydrogen) atoms. The average molecular weight is 524 g/mol. The van der Waals surface area contributed by atoms with E-state index in [9.17, 15) is 15.0 Å². The van der Waals surface area contributed by atoms with Crippen LogP contribution in [0.3, 0.4) is 0 Å². The number of unbranched alkanes of at least 4 members (excludes halogenated alkanes) is 22. The second-order valence-corrected chi connectivity index (χ2v) is 11.2. The molecule has 0 bridgehead atoms. The van der Waals surface area contributed by atoms with Gasteiger partial charge in [-0.2, -0.15) is 0 Å². The average Bonchev–Trinajstić information content (AvgIpc) is 2.90. The number of hydrogen-bond donors (Lipinski definition) is 3. The fourth-order valence-electron chi connectivity index (χ4n) is 4.95. The molecule has 0 heterocycles. The Balaban J connectivity index is 3.35. The van der Waals surface area contributed by atoms with Crippen LogP contribution < -0.4 is 5.32 Å². The highest BCUT2D eigenvalue weighted by molar-refractivity contribution is 5.76. The van der Waals surface area contributed by atoms with E-state index < -0.39 is 12.1 Å². The number of hydrogen-bond acceptors (Lipinski definition) is 3. The van der Waals surface area contributed by atoms with E-state index in [2.05, 4.69) is 19.2 Å². The second-order valence-electron chi connectivity index (χ2n) is 11.2. The highest BCUT2D eigenvalue weighted by atomic mass is 16.3. The van der Waals surface area contributed by atoms with Crippen LogP contribution in [0, 0.1) is 0 Å². The maximum absolute atomic E-state index is 12.1. The first-order valence-corrected chi connectivity index (χ1v) is 16.4. The van der Waals surface area contributed by atoms with Crippen molar-refractivity contribution in [3.8, 4) is 0 Å². The minimum absolute atomic E-state index is 0.0739.